The lowest BCUT2D eigenvalue weighted by molar-refractivity contribution is -0.145. The Morgan fingerprint density at radius 1 is 1.59 bits per heavy atom. The zero-order valence-corrected chi connectivity index (χ0v) is 11.3. The van der Waals surface area contributed by atoms with Gasteiger partial charge in [-0.05, 0) is 45.6 Å². The standard InChI is InChI=1S/C13H26N2O2/c1-4-10(3)15(5-2)11-7-6-8-13(14,9-11)12(16)17/h10-11H,4-9,14H2,1-3H3,(H,16,17). The van der Waals surface area contributed by atoms with Gasteiger partial charge in [-0.1, -0.05) is 13.8 Å². The van der Waals surface area contributed by atoms with Crippen LogP contribution in [0.4, 0.5) is 0 Å². The number of hydrogen-bond donors (Lipinski definition) is 2. The third-order valence-electron chi connectivity index (χ3n) is 4.18. The number of nitrogens with two attached hydrogens (primary N) is 1. The fraction of sp³-hybridized carbons (Fsp3) is 0.923. The Kier molecular flexibility index (Phi) is 4.95. The van der Waals surface area contributed by atoms with Crippen LogP contribution < -0.4 is 5.73 Å². The highest BCUT2D eigenvalue weighted by molar-refractivity contribution is 5.78. The van der Waals surface area contributed by atoms with Crippen LogP contribution in [0.5, 0.6) is 0 Å². The van der Waals surface area contributed by atoms with Gasteiger partial charge in [-0.3, -0.25) is 9.69 Å². The molecule has 0 amide bonds. The molecule has 1 rings (SSSR count). The molecule has 4 nitrogen and oxygen atoms in total. The van der Waals surface area contributed by atoms with Crippen molar-refractivity contribution >= 4 is 5.97 Å². The largest absolute Gasteiger partial charge is 0.480 e. The van der Waals surface area contributed by atoms with Crippen molar-refractivity contribution in [1.29, 1.82) is 0 Å². The normalized spacial score (nSPS) is 31.5. The molecule has 3 N–H and O–H groups in total. The number of carboxylic acids is 1. The highest BCUT2D eigenvalue weighted by atomic mass is 16.4. The molecule has 0 bridgehead atoms. The van der Waals surface area contributed by atoms with E-state index in [-0.39, 0.29) is 0 Å². The molecule has 100 valence electrons. The summed E-state index contributed by atoms with van der Waals surface area (Å²) in [6.45, 7) is 7.48. The summed E-state index contributed by atoms with van der Waals surface area (Å²) in [5, 5.41) is 9.22. The molecule has 3 atom stereocenters. The molecule has 0 aliphatic heterocycles. The van der Waals surface area contributed by atoms with E-state index in [0.29, 0.717) is 24.9 Å². The third-order valence-corrected chi connectivity index (χ3v) is 4.18. The van der Waals surface area contributed by atoms with Crippen molar-refractivity contribution in [3.05, 3.63) is 0 Å². The zero-order valence-electron chi connectivity index (χ0n) is 11.3. The molecule has 0 heterocycles. The second-order valence-electron chi connectivity index (χ2n) is 5.30. The topological polar surface area (TPSA) is 66.6 Å². The van der Waals surface area contributed by atoms with Crippen LogP contribution in [-0.4, -0.2) is 40.1 Å². The fourth-order valence-corrected chi connectivity index (χ4v) is 2.92. The van der Waals surface area contributed by atoms with Crippen molar-refractivity contribution in [3.8, 4) is 0 Å². The first-order chi connectivity index (χ1) is 7.94. The maximum absolute atomic E-state index is 11.2. The minimum Gasteiger partial charge on any atom is -0.480 e. The Hall–Kier alpha value is -0.610. The lowest BCUT2D eigenvalue weighted by Gasteiger charge is -2.42. The van der Waals surface area contributed by atoms with E-state index in [1.54, 1.807) is 0 Å². The van der Waals surface area contributed by atoms with E-state index >= 15 is 0 Å². The molecule has 1 aliphatic carbocycles. The number of carboxylic acid groups (broad SMARTS) is 1. The summed E-state index contributed by atoms with van der Waals surface area (Å²) < 4.78 is 0. The van der Waals surface area contributed by atoms with Crippen LogP contribution in [0.25, 0.3) is 0 Å². The third kappa shape index (κ3) is 3.19. The maximum atomic E-state index is 11.2. The van der Waals surface area contributed by atoms with Gasteiger partial charge >= 0.3 is 5.97 Å². The predicted octanol–water partition coefficient (Wildman–Crippen LogP) is 1.83. The summed E-state index contributed by atoms with van der Waals surface area (Å²) in [7, 11) is 0. The van der Waals surface area contributed by atoms with Gasteiger partial charge in [0.15, 0.2) is 0 Å². The van der Waals surface area contributed by atoms with Gasteiger partial charge in [0, 0.05) is 12.1 Å². The first kappa shape index (κ1) is 14.5. The number of rotatable bonds is 5. The Balaban J connectivity index is 2.74. The summed E-state index contributed by atoms with van der Waals surface area (Å²) in [5.41, 5.74) is 4.99. The van der Waals surface area contributed by atoms with Crippen LogP contribution in [0.3, 0.4) is 0 Å². The summed E-state index contributed by atoms with van der Waals surface area (Å²) >= 11 is 0. The fourth-order valence-electron chi connectivity index (χ4n) is 2.92. The van der Waals surface area contributed by atoms with Crippen LogP contribution in [0, 0.1) is 0 Å². The lowest BCUT2D eigenvalue weighted by atomic mass is 9.79. The molecule has 1 saturated carbocycles. The van der Waals surface area contributed by atoms with E-state index in [4.69, 9.17) is 5.73 Å². The quantitative estimate of drug-likeness (QED) is 0.772. The highest BCUT2D eigenvalue weighted by Gasteiger charge is 2.41. The molecule has 0 aromatic rings. The minimum absolute atomic E-state index is 0.324. The van der Waals surface area contributed by atoms with E-state index in [1.807, 2.05) is 0 Å². The van der Waals surface area contributed by atoms with Crippen molar-refractivity contribution in [3.63, 3.8) is 0 Å². The van der Waals surface area contributed by atoms with Gasteiger partial charge in [-0.25, -0.2) is 0 Å². The molecule has 17 heavy (non-hydrogen) atoms. The molecule has 4 heteroatoms. The summed E-state index contributed by atoms with van der Waals surface area (Å²) in [6, 6.07) is 0.825. The highest BCUT2D eigenvalue weighted by Crippen LogP contribution is 2.31. The Morgan fingerprint density at radius 2 is 2.24 bits per heavy atom. The van der Waals surface area contributed by atoms with E-state index in [2.05, 4.69) is 25.7 Å². The lowest BCUT2D eigenvalue weighted by Crippen LogP contribution is -2.56. The second kappa shape index (κ2) is 5.83. The Bertz CT molecular complexity index is 270. The van der Waals surface area contributed by atoms with E-state index in [9.17, 15) is 9.90 Å². The van der Waals surface area contributed by atoms with Crippen molar-refractivity contribution in [2.75, 3.05) is 6.54 Å². The number of aliphatic carboxylic acids is 1. The molecule has 1 aliphatic rings. The van der Waals surface area contributed by atoms with Gasteiger partial charge in [0.05, 0.1) is 0 Å². The van der Waals surface area contributed by atoms with E-state index in [0.717, 1.165) is 25.8 Å². The first-order valence-electron chi connectivity index (χ1n) is 6.72. The van der Waals surface area contributed by atoms with Crippen LogP contribution >= 0.6 is 0 Å². The van der Waals surface area contributed by atoms with Crippen LogP contribution in [0.2, 0.25) is 0 Å². The molecule has 0 saturated heterocycles. The Morgan fingerprint density at radius 3 is 2.71 bits per heavy atom. The maximum Gasteiger partial charge on any atom is 0.323 e. The van der Waals surface area contributed by atoms with E-state index < -0.39 is 11.5 Å². The first-order valence-corrected chi connectivity index (χ1v) is 6.72. The average Bonchev–Trinajstić information content (AvgIpc) is 2.29. The second-order valence-corrected chi connectivity index (χ2v) is 5.30. The number of hydrogen-bond acceptors (Lipinski definition) is 3. The summed E-state index contributed by atoms with van der Waals surface area (Å²) in [5.74, 6) is -0.845. The van der Waals surface area contributed by atoms with Crippen LogP contribution in [0.15, 0.2) is 0 Å². The van der Waals surface area contributed by atoms with E-state index in [1.165, 1.54) is 0 Å². The predicted molar refractivity (Wildman–Crippen MR) is 68.9 cm³/mol. The van der Waals surface area contributed by atoms with Crippen molar-refractivity contribution < 1.29 is 9.90 Å². The van der Waals surface area contributed by atoms with Gasteiger partial charge in [-0.2, -0.15) is 0 Å². The summed E-state index contributed by atoms with van der Waals surface area (Å²) in [4.78, 5) is 13.6. The molecule has 0 spiro atoms. The smallest absolute Gasteiger partial charge is 0.323 e. The molecule has 0 radical (unpaired) electrons. The monoisotopic (exact) mass is 242 g/mol. The number of carbonyl (C=O) groups is 1. The van der Waals surface area contributed by atoms with Gasteiger partial charge < -0.3 is 10.8 Å². The van der Waals surface area contributed by atoms with Gasteiger partial charge in [0.1, 0.15) is 5.54 Å². The molecule has 0 aromatic heterocycles. The van der Waals surface area contributed by atoms with Crippen molar-refractivity contribution in [2.24, 2.45) is 5.73 Å². The van der Waals surface area contributed by atoms with Crippen molar-refractivity contribution in [1.82, 2.24) is 4.90 Å². The minimum atomic E-state index is -1.01. The molecule has 0 aromatic carbocycles. The average molecular weight is 242 g/mol. The number of nitrogens with zero attached hydrogens (tertiary/aromatic N) is 1. The SMILES string of the molecule is CCC(C)N(CC)C1CCCC(N)(C(=O)O)C1. The molecule has 3 unspecified atom stereocenters. The van der Waals surface area contributed by atoms with Gasteiger partial charge in [0.2, 0.25) is 0 Å². The summed E-state index contributed by atoms with van der Waals surface area (Å²) in [6.07, 6.45) is 4.28. The van der Waals surface area contributed by atoms with Crippen LogP contribution in [0.1, 0.15) is 52.9 Å². The molecular formula is C13H26N2O2. The molecular weight excluding hydrogens is 216 g/mol. The van der Waals surface area contributed by atoms with Crippen molar-refractivity contribution in [2.45, 2.75) is 70.5 Å². The zero-order chi connectivity index (χ0) is 13.1. The Labute approximate surface area is 104 Å². The molecule has 1 fully saturated rings. The van der Waals surface area contributed by atoms with Gasteiger partial charge in [-0.15, -0.1) is 0 Å². The van der Waals surface area contributed by atoms with Gasteiger partial charge in [0.25, 0.3) is 0 Å². The van der Waals surface area contributed by atoms with Crippen LogP contribution in [-0.2, 0) is 4.79 Å².